The van der Waals surface area contributed by atoms with Gasteiger partial charge in [0, 0.05) is 0 Å². The number of benzene rings is 2. The van der Waals surface area contributed by atoms with Crippen molar-refractivity contribution in [3.63, 3.8) is 0 Å². The van der Waals surface area contributed by atoms with Gasteiger partial charge in [-0.1, -0.05) is 36.4 Å². The average Bonchev–Trinajstić information content (AvgIpc) is 3.22. The number of fused-ring (bicyclic) bond motifs is 1. The molecule has 2 aromatic carbocycles. The molecule has 6 heteroatoms. The summed E-state index contributed by atoms with van der Waals surface area (Å²) in [6.07, 6.45) is 1.53. The Morgan fingerprint density at radius 1 is 1.07 bits per heavy atom. The van der Waals surface area contributed by atoms with E-state index in [4.69, 9.17) is 10.2 Å². The summed E-state index contributed by atoms with van der Waals surface area (Å²) in [4.78, 5) is 8.41. The van der Waals surface area contributed by atoms with E-state index in [0.717, 1.165) is 10.9 Å². The van der Waals surface area contributed by atoms with Gasteiger partial charge in [-0.25, -0.2) is 4.98 Å². The number of nitrogen functional groups attached to an aromatic ring is 1. The van der Waals surface area contributed by atoms with Gasteiger partial charge in [0.2, 0.25) is 5.95 Å². The zero-order valence-electron chi connectivity index (χ0n) is 14.7. The first kappa shape index (κ1) is 16.6. The van der Waals surface area contributed by atoms with Crippen LogP contribution in [0.2, 0.25) is 0 Å². The molecule has 0 bridgehead atoms. The Morgan fingerprint density at radius 2 is 1.89 bits per heavy atom. The topological polar surface area (TPSA) is 101 Å². The Hall–Kier alpha value is -3.85. The van der Waals surface area contributed by atoms with Crippen molar-refractivity contribution in [2.45, 2.75) is 13.0 Å². The Bertz CT molecular complexity index is 1150. The average molecular weight is 355 g/mol. The lowest BCUT2D eigenvalue weighted by Crippen LogP contribution is -2.12. The molecule has 0 unspecified atom stereocenters. The lowest BCUT2D eigenvalue weighted by atomic mass is 10.0. The molecule has 0 aliphatic carbocycles. The fraction of sp³-hybridized carbons (Fsp3) is 0.0952. The van der Waals surface area contributed by atoms with Crippen molar-refractivity contribution in [3.8, 4) is 17.5 Å². The maximum Gasteiger partial charge on any atom is 0.222 e. The van der Waals surface area contributed by atoms with Gasteiger partial charge in [0.05, 0.1) is 12.3 Å². The van der Waals surface area contributed by atoms with Crippen LogP contribution in [0.25, 0.3) is 22.2 Å². The van der Waals surface area contributed by atoms with Crippen LogP contribution in [0.3, 0.4) is 0 Å². The first-order valence-corrected chi connectivity index (χ1v) is 8.52. The number of hydrogen-bond acceptors (Lipinski definition) is 6. The molecule has 132 valence electrons. The smallest absolute Gasteiger partial charge is 0.222 e. The van der Waals surface area contributed by atoms with Gasteiger partial charge in [0.1, 0.15) is 17.3 Å². The molecule has 0 aliphatic heterocycles. The first-order chi connectivity index (χ1) is 13.2. The Morgan fingerprint density at radius 3 is 2.63 bits per heavy atom. The molecule has 0 aliphatic rings. The lowest BCUT2D eigenvalue weighted by molar-refractivity contribution is 0.579. The van der Waals surface area contributed by atoms with E-state index in [9.17, 15) is 5.26 Å². The number of nitrogens with zero attached hydrogens (tertiary/aromatic N) is 3. The summed E-state index contributed by atoms with van der Waals surface area (Å²) >= 11 is 0. The molecule has 0 saturated carbocycles. The zero-order chi connectivity index (χ0) is 18.8. The third-order valence-electron chi connectivity index (χ3n) is 4.42. The summed E-state index contributed by atoms with van der Waals surface area (Å²) in [7, 11) is 0. The number of furan rings is 1. The van der Waals surface area contributed by atoms with E-state index in [1.165, 1.54) is 11.6 Å². The fourth-order valence-electron chi connectivity index (χ4n) is 3.05. The maximum atomic E-state index is 9.66. The molecule has 1 atom stereocenters. The second kappa shape index (κ2) is 6.81. The van der Waals surface area contributed by atoms with E-state index < -0.39 is 0 Å². The van der Waals surface area contributed by atoms with Crippen molar-refractivity contribution < 1.29 is 4.42 Å². The minimum atomic E-state index is -0.0829. The van der Waals surface area contributed by atoms with Gasteiger partial charge < -0.3 is 15.5 Å². The van der Waals surface area contributed by atoms with Crippen LogP contribution in [0, 0.1) is 11.3 Å². The summed E-state index contributed by atoms with van der Waals surface area (Å²) in [6.45, 7) is 2.01. The van der Waals surface area contributed by atoms with Gasteiger partial charge in [-0.3, -0.25) is 0 Å². The maximum absolute atomic E-state index is 9.66. The SMILES string of the molecule is C[C@@H](Nc1nc(N)nc(-c2ccco2)c1C#N)c1ccc2ccccc2c1. The van der Waals surface area contributed by atoms with Gasteiger partial charge in [-0.15, -0.1) is 0 Å². The lowest BCUT2D eigenvalue weighted by Gasteiger charge is -2.17. The number of nitrogens with one attached hydrogen (secondary N) is 1. The second-order valence-corrected chi connectivity index (χ2v) is 6.22. The summed E-state index contributed by atoms with van der Waals surface area (Å²) in [5, 5.41) is 15.3. The van der Waals surface area contributed by atoms with Crippen molar-refractivity contribution >= 4 is 22.5 Å². The highest BCUT2D eigenvalue weighted by Crippen LogP contribution is 2.30. The summed E-state index contributed by atoms with van der Waals surface area (Å²) in [6, 6.07) is 20.0. The van der Waals surface area contributed by atoms with Crippen LogP contribution < -0.4 is 11.1 Å². The Balaban J connectivity index is 1.72. The molecule has 0 saturated heterocycles. The van der Waals surface area contributed by atoms with Crippen molar-refractivity contribution in [1.82, 2.24) is 9.97 Å². The van der Waals surface area contributed by atoms with Gasteiger partial charge in [0.15, 0.2) is 11.6 Å². The molecule has 2 aromatic heterocycles. The van der Waals surface area contributed by atoms with Crippen LogP contribution >= 0.6 is 0 Å². The minimum absolute atomic E-state index is 0.0774. The summed E-state index contributed by atoms with van der Waals surface area (Å²) in [5.41, 5.74) is 7.62. The van der Waals surface area contributed by atoms with Crippen molar-refractivity contribution in [2.75, 3.05) is 11.1 Å². The highest BCUT2D eigenvalue weighted by molar-refractivity contribution is 5.83. The molecule has 2 heterocycles. The number of hydrogen-bond donors (Lipinski definition) is 2. The molecule has 3 N–H and O–H groups in total. The molecular weight excluding hydrogens is 338 g/mol. The van der Waals surface area contributed by atoms with Crippen LogP contribution in [-0.2, 0) is 0 Å². The van der Waals surface area contributed by atoms with Gasteiger partial charge in [-0.2, -0.15) is 10.2 Å². The Kier molecular flexibility index (Phi) is 4.19. The second-order valence-electron chi connectivity index (χ2n) is 6.22. The monoisotopic (exact) mass is 355 g/mol. The highest BCUT2D eigenvalue weighted by atomic mass is 16.3. The van der Waals surface area contributed by atoms with Crippen LogP contribution in [0.15, 0.2) is 65.3 Å². The van der Waals surface area contributed by atoms with Crippen LogP contribution in [-0.4, -0.2) is 9.97 Å². The molecule has 0 radical (unpaired) electrons. The minimum Gasteiger partial charge on any atom is -0.463 e. The molecule has 27 heavy (non-hydrogen) atoms. The molecule has 4 aromatic rings. The third-order valence-corrected chi connectivity index (χ3v) is 4.42. The first-order valence-electron chi connectivity index (χ1n) is 8.52. The van der Waals surface area contributed by atoms with Gasteiger partial charge >= 0.3 is 0 Å². The molecule has 0 spiro atoms. The normalized spacial score (nSPS) is 11.9. The van der Waals surface area contributed by atoms with Crippen molar-refractivity contribution in [3.05, 3.63) is 72.0 Å². The number of anilines is 2. The van der Waals surface area contributed by atoms with E-state index in [2.05, 4.69) is 51.7 Å². The van der Waals surface area contributed by atoms with Crippen LogP contribution in [0.1, 0.15) is 24.1 Å². The molecular formula is C21H17N5O. The van der Waals surface area contributed by atoms with Crippen molar-refractivity contribution in [1.29, 1.82) is 5.26 Å². The van der Waals surface area contributed by atoms with E-state index in [1.807, 2.05) is 19.1 Å². The van der Waals surface area contributed by atoms with E-state index in [0.29, 0.717) is 22.8 Å². The number of rotatable bonds is 4. The van der Waals surface area contributed by atoms with Crippen LogP contribution in [0.5, 0.6) is 0 Å². The predicted molar refractivity (Wildman–Crippen MR) is 105 cm³/mol. The van der Waals surface area contributed by atoms with Gasteiger partial charge in [0.25, 0.3) is 0 Å². The quantitative estimate of drug-likeness (QED) is 0.558. The van der Waals surface area contributed by atoms with Gasteiger partial charge in [-0.05, 0) is 41.5 Å². The fourth-order valence-corrected chi connectivity index (χ4v) is 3.05. The molecule has 0 amide bonds. The third kappa shape index (κ3) is 3.18. The highest BCUT2D eigenvalue weighted by Gasteiger charge is 2.19. The summed E-state index contributed by atoms with van der Waals surface area (Å²) in [5.74, 6) is 0.938. The summed E-state index contributed by atoms with van der Waals surface area (Å²) < 4.78 is 5.39. The standard InChI is InChI=1S/C21H17N5O/c1-13(15-9-8-14-5-2-3-6-16(14)11-15)24-20-17(12-22)19(25-21(23)26-20)18-7-4-10-27-18/h2-11,13H,1H3,(H3,23,24,25,26)/t13-/m1/s1. The number of nitrogens with two attached hydrogens (primary N) is 1. The van der Waals surface area contributed by atoms with E-state index in [1.54, 1.807) is 12.1 Å². The largest absolute Gasteiger partial charge is 0.463 e. The molecule has 4 rings (SSSR count). The number of aromatic nitrogens is 2. The van der Waals surface area contributed by atoms with E-state index >= 15 is 0 Å². The predicted octanol–water partition coefficient (Wildman–Crippen LogP) is 4.52. The zero-order valence-corrected chi connectivity index (χ0v) is 14.7. The Labute approximate surface area is 156 Å². The molecule has 6 nitrogen and oxygen atoms in total. The van der Waals surface area contributed by atoms with E-state index in [-0.39, 0.29) is 12.0 Å². The van der Waals surface area contributed by atoms with Crippen molar-refractivity contribution in [2.24, 2.45) is 0 Å². The number of nitriles is 1. The molecule has 0 fully saturated rings. The van der Waals surface area contributed by atoms with Crippen LogP contribution in [0.4, 0.5) is 11.8 Å².